The summed E-state index contributed by atoms with van der Waals surface area (Å²) in [5.74, 6) is -1.39. The molecule has 0 aromatic heterocycles. The molecule has 0 bridgehead atoms. The van der Waals surface area contributed by atoms with Crippen molar-refractivity contribution in [1.29, 1.82) is 0 Å². The zero-order chi connectivity index (χ0) is 14.0. The summed E-state index contributed by atoms with van der Waals surface area (Å²) in [5.41, 5.74) is -0.258. The fourth-order valence-electron chi connectivity index (χ4n) is 1.54. The first kappa shape index (κ1) is 13.4. The molecule has 4 nitrogen and oxygen atoms in total. The van der Waals surface area contributed by atoms with Gasteiger partial charge in [0.2, 0.25) is 5.82 Å². The fourth-order valence-corrected chi connectivity index (χ4v) is 1.99. The quantitative estimate of drug-likeness (QED) is 0.672. The predicted molar refractivity (Wildman–Crippen MR) is 70.4 cm³/mol. The molecule has 19 heavy (non-hydrogen) atoms. The number of para-hydroxylation sites is 1. The normalized spacial score (nSPS) is 10.3. The monoisotopic (exact) mass is 328 g/mol. The Kier molecular flexibility index (Phi) is 3.75. The smallest absolute Gasteiger partial charge is 0.327 e. The first-order chi connectivity index (χ1) is 8.99. The Morgan fingerprint density at radius 2 is 1.89 bits per heavy atom. The van der Waals surface area contributed by atoms with Crippen LogP contribution in [0.4, 0.5) is 25.8 Å². The summed E-state index contributed by atoms with van der Waals surface area (Å²) in [6.45, 7) is 0. The van der Waals surface area contributed by atoms with Crippen LogP contribution in [-0.4, -0.2) is 4.92 Å². The lowest BCUT2D eigenvalue weighted by Crippen LogP contribution is -2.00. The van der Waals surface area contributed by atoms with Gasteiger partial charge in [-0.1, -0.05) is 6.07 Å². The summed E-state index contributed by atoms with van der Waals surface area (Å²) in [7, 11) is 0. The van der Waals surface area contributed by atoms with Crippen LogP contribution < -0.4 is 5.32 Å². The Hall–Kier alpha value is -2.02. The number of hydrogen-bond donors (Lipinski definition) is 1. The van der Waals surface area contributed by atoms with Crippen molar-refractivity contribution in [2.24, 2.45) is 0 Å². The third-order valence-electron chi connectivity index (χ3n) is 2.37. The molecule has 2 rings (SSSR count). The topological polar surface area (TPSA) is 55.2 Å². The van der Waals surface area contributed by atoms with E-state index in [1.165, 1.54) is 30.3 Å². The summed E-state index contributed by atoms with van der Waals surface area (Å²) in [4.78, 5) is 10.0. The summed E-state index contributed by atoms with van der Waals surface area (Å²) >= 11 is 3.12. The minimum Gasteiger partial charge on any atom is -0.349 e. The van der Waals surface area contributed by atoms with Gasteiger partial charge in [-0.2, -0.15) is 4.39 Å². The minimum absolute atomic E-state index is 0.00249. The minimum atomic E-state index is -0.937. The average molecular weight is 329 g/mol. The molecular formula is C12H7BrF2N2O2. The lowest BCUT2D eigenvalue weighted by molar-refractivity contribution is -0.386. The molecule has 1 N–H and O–H groups in total. The molecule has 0 saturated heterocycles. The van der Waals surface area contributed by atoms with E-state index < -0.39 is 22.2 Å². The molecule has 2 aromatic carbocycles. The van der Waals surface area contributed by atoms with E-state index in [0.29, 0.717) is 10.2 Å². The molecule has 0 spiro atoms. The number of nitrogens with zero attached hydrogens (tertiary/aromatic N) is 1. The number of anilines is 2. The largest absolute Gasteiger partial charge is 0.349 e. The Morgan fingerprint density at radius 3 is 2.53 bits per heavy atom. The molecule has 0 atom stereocenters. The van der Waals surface area contributed by atoms with Crippen LogP contribution in [0.3, 0.4) is 0 Å². The third kappa shape index (κ3) is 2.87. The van der Waals surface area contributed by atoms with Crippen LogP contribution in [-0.2, 0) is 0 Å². The number of nitrogens with one attached hydrogen (secondary N) is 1. The van der Waals surface area contributed by atoms with E-state index in [2.05, 4.69) is 21.2 Å². The highest BCUT2D eigenvalue weighted by molar-refractivity contribution is 9.10. The van der Waals surface area contributed by atoms with Gasteiger partial charge >= 0.3 is 5.69 Å². The first-order valence-electron chi connectivity index (χ1n) is 5.14. The average Bonchev–Trinajstić information content (AvgIpc) is 2.32. The van der Waals surface area contributed by atoms with Crippen molar-refractivity contribution < 1.29 is 13.7 Å². The van der Waals surface area contributed by atoms with E-state index in [1.807, 2.05) is 0 Å². The number of halogens is 3. The maximum Gasteiger partial charge on any atom is 0.327 e. The van der Waals surface area contributed by atoms with Crippen molar-refractivity contribution in [1.82, 2.24) is 0 Å². The molecule has 7 heteroatoms. The molecule has 0 aliphatic carbocycles. The van der Waals surface area contributed by atoms with Crippen LogP contribution in [0.1, 0.15) is 0 Å². The molecule has 0 aliphatic heterocycles. The van der Waals surface area contributed by atoms with Gasteiger partial charge in [0.05, 0.1) is 10.6 Å². The molecule has 0 heterocycles. The maximum atomic E-state index is 13.4. The number of nitro benzene ring substituents is 1. The van der Waals surface area contributed by atoms with Crippen LogP contribution >= 0.6 is 15.9 Å². The zero-order valence-corrected chi connectivity index (χ0v) is 10.9. The van der Waals surface area contributed by atoms with Gasteiger partial charge in [0.15, 0.2) is 0 Å². The second kappa shape index (κ2) is 5.31. The molecule has 0 unspecified atom stereocenters. The number of hydrogen-bond acceptors (Lipinski definition) is 3. The molecule has 0 amide bonds. The van der Waals surface area contributed by atoms with Gasteiger partial charge in [-0.3, -0.25) is 10.1 Å². The first-order valence-corrected chi connectivity index (χ1v) is 5.93. The van der Waals surface area contributed by atoms with Gasteiger partial charge < -0.3 is 5.32 Å². The lowest BCUT2D eigenvalue weighted by Gasteiger charge is -2.09. The Morgan fingerprint density at radius 1 is 1.16 bits per heavy atom. The highest BCUT2D eigenvalue weighted by Gasteiger charge is 2.20. The molecule has 2 aromatic rings. The van der Waals surface area contributed by atoms with Gasteiger partial charge in [0, 0.05) is 4.47 Å². The van der Waals surface area contributed by atoms with Crippen LogP contribution in [0.25, 0.3) is 0 Å². The van der Waals surface area contributed by atoms with E-state index in [9.17, 15) is 18.9 Å². The van der Waals surface area contributed by atoms with Gasteiger partial charge in [-0.15, -0.1) is 0 Å². The van der Waals surface area contributed by atoms with Crippen molar-refractivity contribution in [3.05, 3.63) is 62.6 Å². The van der Waals surface area contributed by atoms with Gasteiger partial charge in [0.25, 0.3) is 0 Å². The van der Waals surface area contributed by atoms with E-state index >= 15 is 0 Å². The van der Waals surface area contributed by atoms with Crippen molar-refractivity contribution >= 4 is 33.0 Å². The zero-order valence-electron chi connectivity index (χ0n) is 9.36. The van der Waals surface area contributed by atoms with E-state index in [-0.39, 0.29) is 5.69 Å². The summed E-state index contributed by atoms with van der Waals surface area (Å²) in [5, 5.41) is 13.5. The van der Waals surface area contributed by atoms with Gasteiger partial charge in [-0.05, 0) is 46.3 Å². The second-order valence-electron chi connectivity index (χ2n) is 3.64. The Balaban J connectivity index is 2.44. The maximum absolute atomic E-state index is 13.4. The highest BCUT2D eigenvalue weighted by Crippen LogP contribution is 2.33. The molecule has 0 aliphatic rings. The molecule has 0 radical (unpaired) electrons. The van der Waals surface area contributed by atoms with Crippen LogP contribution in [0.15, 0.2) is 40.9 Å². The van der Waals surface area contributed by atoms with E-state index in [1.54, 1.807) is 0 Å². The second-order valence-corrected chi connectivity index (χ2v) is 4.50. The SMILES string of the molecule is O=[N+]([O-])c1c(F)cccc1Nc1ccc(F)cc1Br. The molecule has 98 valence electrons. The van der Waals surface area contributed by atoms with Crippen molar-refractivity contribution in [3.8, 4) is 0 Å². The van der Waals surface area contributed by atoms with Crippen molar-refractivity contribution in [2.75, 3.05) is 5.32 Å². The molecule has 0 saturated carbocycles. The fraction of sp³-hybridized carbons (Fsp3) is 0. The number of rotatable bonds is 3. The predicted octanol–water partition coefficient (Wildman–Crippen LogP) is 4.38. The third-order valence-corrected chi connectivity index (χ3v) is 3.03. The summed E-state index contributed by atoms with van der Waals surface area (Å²) in [6, 6.07) is 7.52. The van der Waals surface area contributed by atoms with Crippen molar-refractivity contribution in [2.45, 2.75) is 0 Å². The number of nitro groups is 1. The van der Waals surface area contributed by atoms with E-state index in [4.69, 9.17) is 0 Å². The number of benzene rings is 2. The molecule has 0 fully saturated rings. The van der Waals surface area contributed by atoms with Crippen LogP contribution in [0, 0.1) is 21.7 Å². The Labute approximate surface area is 115 Å². The van der Waals surface area contributed by atoms with E-state index in [0.717, 1.165) is 6.07 Å². The summed E-state index contributed by atoms with van der Waals surface area (Å²) in [6.07, 6.45) is 0. The summed E-state index contributed by atoms with van der Waals surface area (Å²) < 4.78 is 26.7. The molecular weight excluding hydrogens is 322 g/mol. The van der Waals surface area contributed by atoms with Crippen LogP contribution in [0.2, 0.25) is 0 Å². The van der Waals surface area contributed by atoms with Gasteiger partial charge in [0.1, 0.15) is 11.5 Å². The van der Waals surface area contributed by atoms with Crippen LogP contribution in [0.5, 0.6) is 0 Å². The Bertz CT molecular complexity index is 650. The lowest BCUT2D eigenvalue weighted by atomic mass is 10.2. The standard InChI is InChI=1S/C12H7BrF2N2O2/c13-8-6-7(14)4-5-10(8)16-11-3-1-2-9(15)12(11)17(18)19/h1-6,16H. The van der Waals surface area contributed by atoms with Crippen molar-refractivity contribution in [3.63, 3.8) is 0 Å². The highest BCUT2D eigenvalue weighted by atomic mass is 79.9. The van der Waals surface area contributed by atoms with Gasteiger partial charge in [-0.25, -0.2) is 4.39 Å².